The number of benzene rings is 2. The number of rotatable bonds is 6. The number of hydrogen-bond donors (Lipinski definition) is 1. The molecule has 3 amide bonds. The number of nitro groups is 1. The summed E-state index contributed by atoms with van der Waals surface area (Å²) < 4.78 is 13.6. The molecule has 11 nitrogen and oxygen atoms in total. The van der Waals surface area contributed by atoms with Crippen molar-refractivity contribution in [1.82, 2.24) is 5.01 Å². The van der Waals surface area contributed by atoms with E-state index in [-0.39, 0.29) is 22.8 Å². The third kappa shape index (κ3) is 4.80. The van der Waals surface area contributed by atoms with Gasteiger partial charge in [0.25, 0.3) is 17.5 Å². The summed E-state index contributed by atoms with van der Waals surface area (Å²) in [6, 6.07) is 9.69. The van der Waals surface area contributed by atoms with Crippen molar-refractivity contribution in [2.45, 2.75) is 19.4 Å². The Morgan fingerprint density at radius 2 is 1.90 bits per heavy atom. The maximum Gasteiger partial charge on any atom is 0.296 e. The highest BCUT2D eigenvalue weighted by Crippen LogP contribution is 2.27. The lowest BCUT2D eigenvalue weighted by Crippen LogP contribution is -2.36. The van der Waals surface area contributed by atoms with E-state index in [2.05, 4.69) is 20.6 Å². The van der Waals surface area contributed by atoms with Gasteiger partial charge in [-0.25, -0.2) is 4.39 Å². The lowest BCUT2D eigenvalue weighted by atomic mass is 10.2. The number of hydrogen-bond acceptors (Lipinski definition) is 8. The highest BCUT2D eigenvalue weighted by Gasteiger charge is 2.38. The molecule has 2 aromatic rings. The average Bonchev–Trinajstić information content (AvgIpc) is 3.02. The molecule has 0 fully saturated rings. The summed E-state index contributed by atoms with van der Waals surface area (Å²) in [6.07, 6.45) is -0.759. The third-order valence-corrected chi connectivity index (χ3v) is 4.15. The molecule has 1 atom stereocenters. The van der Waals surface area contributed by atoms with Crippen LogP contribution < -0.4 is 5.32 Å². The Morgan fingerprint density at radius 3 is 2.61 bits per heavy atom. The van der Waals surface area contributed by atoms with Gasteiger partial charge in [-0.1, -0.05) is 24.3 Å². The number of para-hydroxylation sites is 2. The standard InChI is InChI=1S/C19H15FN6O5/c1-11-18(23-22-14-8-4-5-9-15(14)26(30)31)19(29)25(24-11)17(28)10-16(27)21-13-7-3-2-6-12(13)20/h2-9,18H,10H2,1H3,(H,21,27)/t18-/m0/s1. The SMILES string of the molecule is CC1=NN(C(=O)CC(=O)Nc2ccccc2F)C(=O)[C@H]1N=Nc1ccccc1[N+](=O)[O-]. The number of imide groups is 1. The lowest BCUT2D eigenvalue weighted by molar-refractivity contribution is -0.384. The second kappa shape index (κ2) is 8.98. The van der Waals surface area contributed by atoms with E-state index in [4.69, 9.17) is 0 Å². The number of nitro benzene ring substituents is 1. The van der Waals surface area contributed by atoms with Crippen molar-refractivity contribution >= 4 is 40.5 Å². The van der Waals surface area contributed by atoms with E-state index >= 15 is 0 Å². The Labute approximate surface area is 174 Å². The van der Waals surface area contributed by atoms with Crippen LogP contribution in [-0.4, -0.2) is 39.4 Å². The molecule has 158 valence electrons. The molecule has 0 spiro atoms. The quantitative estimate of drug-likeness (QED) is 0.326. The zero-order chi connectivity index (χ0) is 22.5. The fraction of sp³-hybridized carbons (Fsp3) is 0.158. The lowest BCUT2D eigenvalue weighted by Gasteiger charge is -2.11. The van der Waals surface area contributed by atoms with Crippen molar-refractivity contribution in [2.24, 2.45) is 15.3 Å². The summed E-state index contributed by atoms with van der Waals surface area (Å²) in [6.45, 7) is 1.42. The van der Waals surface area contributed by atoms with E-state index in [1.165, 1.54) is 49.4 Å². The van der Waals surface area contributed by atoms with Crippen LogP contribution in [0, 0.1) is 15.9 Å². The van der Waals surface area contributed by atoms with Gasteiger partial charge in [0.15, 0.2) is 11.7 Å². The van der Waals surface area contributed by atoms with Gasteiger partial charge >= 0.3 is 0 Å². The van der Waals surface area contributed by atoms with Gasteiger partial charge in [0, 0.05) is 6.07 Å². The highest BCUT2D eigenvalue weighted by atomic mass is 19.1. The van der Waals surface area contributed by atoms with E-state index < -0.39 is 40.9 Å². The first-order valence-corrected chi connectivity index (χ1v) is 8.88. The van der Waals surface area contributed by atoms with E-state index in [0.29, 0.717) is 5.01 Å². The van der Waals surface area contributed by atoms with Crippen LogP contribution in [0.5, 0.6) is 0 Å². The van der Waals surface area contributed by atoms with Crippen LogP contribution in [0.1, 0.15) is 13.3 Å². The van der Waals surface area contributed by atoms with E-state index in [1.54, 1.807) is 0 Å². The largest absolute Gasteiger partial charge is 0.323 e. The van der Waals surface area contributed by atoms with Crippen molar-refractivity contribution in [3.05, 3.63) is 64.5 Å². The fourth-order valence-electron chi connectivity index (χ4n) is 2.66. The number of nitrogens with one attached hydrogen (secondary N) is 1. The van der Waals surface area contributed by atoms with Crippen molar-refractivity contribution in [2.75, 3.05) is 5.32 Å². The van der Waals surface area contributed by atoms with E-state index in [9.17, 15) is 28.9 Å². The summed E-state index contributed by atoms with van der Waals surface area (Å²) in [5.41, 5.74) is -0.356. The normalized spacial score (nSPS) is 15.8. The number of anilines is 1. The second-order valence-electron chi connectivity index (χ2n) is 6.35. The van der Waals surface area contributed by atoms with Gasteiger partial charge in [-0.3, -0.25) is 24.5 Å². The average molecular weight is 426 g/mol. The van der Waals surface area contributed by atoms with Crippen molar-refractivity contribution in [3.8, 4) is 0 Å². The molecule has 1 N–H and O–H groups in total. The van der Waals surface area contributed by atoms with Crippen LogP contribution in [0.3, 0.4) is 0 Å². The molecule has 0 saturated heterocycles. The Balaban J connectivity index is 1.68. The van der Waals surface area contributed by atoms with Crippen LogP contribution in [-0.2, 0) is 14.4 Å². The molecular weight excluding hydrogens is 411 g/mol. The summed E-state index contributed by atoms with van der Waals surface area (Å²) in [7, 11) is 0. The number of azo groups is 1. The van der Waals surface area contributed by atoms with Gasteiger partial charge in [0.1, 0.15) is 12.2 Å². The summed E-state index contributed by atoms with van der Waals surface area (Å²) >= 11 is 0. The molecule has 31 heavy (non-hydrogen) atoms. The third-order valence-electron chi connectivity index (χ3n) is 4.15. The molecule has 0 bridgehead atoms. The Bertz CT molecular complexity index is 1130. The van der Waals surface area contributed by atoms with Crippen LogP contribution >= 0.6 is 0 Å². The first-order chi connectivity index (χ1) is 14.8. The predicted octanol–water partition coefficient (Wildman–Crippen LogP) is 2.96. The van der Waals surface area contributed by atoms with Crippen molar-refractivity contribution < 1.29 is 23.7 Å². The van der Waals surface area contributed by atoms with Gasteiger partial charge in [0.05, 0.1) is 16.3 Å². The number of hydrazone groups is 1. The maximum atomic E-state index is 13.6. The van der Waals surface area contributed by atoms with Gasteiger partial charge in [-0.05, 0) is 25.1 Å². The number of amides is 3. The number of halogens is 1. The smallest absolute Gasteiger partial charge is 0.296 e. The second-order valence-corrected chi connectivity index (χ2v) is 6.35. The molecule has 1 aliphatic heterocycles. The molecular formula is C19H15FN6O5. The molecule has 0 unspecified atom stereocenters. The van der Waals surface area contributed by atoms with Crippen LogP contribution in [0.4, 0.5) is 21.5 Å². The number of carbonyl (C=O) groups excluding carboxylic acids is 3. The topological polar surface area (TPSA) is 147 Å². The van der Waals surface area contributed by atoms with Crippen molar-refractivity contribution in [3.63, 3.8) is 0 Å². The van der Waals surface area contributed by atoms with Crippen LogP contribution in [0.2, 0.25) is 0 Å². The number of nitrogens with zero attached hydrogens (tertiary/aromatic N) is 5. The van der Waals surface area contributed by atoms with Crippen LogP contribution in [0.25, 0.3) is 0 Å². The minimum absolute atomic E-state index is 0.0675. The minimum atomic E-state index is -1.27. The van der Waals surface area contributed by atoms with Crippen LogP contribution in [0.15, 0.2) is 63.9 Å². The van der Waals surface area contributed by atoms with Gasteiger partial charge in [-0.2, -0.15) is 15.2 Å². The van der Waals surface area contributed by atoms with Gasteiger partial charge in [-0.15, -0.1) is 5.11 Å². The predicted molar refractivity (Wildman–Crippen MR) is 106 cm³/mol. The Kier molecular flexibility index (Phi) is 6.19. The summed E-state index contributed by atoms with van der Waals surface area (Å²) in [5.74, 6) is -3.31. The molecule has 3 rings (SSSR count). The molecule has 1 heterocycles. The first-order valence-electron chi connectivity index (χ1n) is 8.88. The zero-order valence-electron chi connectivity index (χ0n) is 16.1. The number of carbonyl (C=O) groups is 3. The Morgan fingerprint density at radius 1 is 1.23 bits per heavy atom. The molecule has 0 aliphatic carbocycles. The summed E-state index contributed by atoms with van der Waals surface area (Å²) in [5, 5.41) is 25.1. The first kappa shape index (κ1) is 21.4. The monoisotopic (exact) mass is 426 g/mol. The fourth-order valence-corrected chi connectivity index (χ4v) is 2.66. The molecule has 12 heteroatoms. The molecule has 0 aromatic heterocycles. The van der Waals surface area contributed by atoms with E-state index in [1.807, 2.05) is 0 Å². The highest BCUT2D eigenvalue weighted by molar-refractivity contribution is 6.18. The summed E-state index contributed by atoms with van der Waals surface area (Å²) in [4.78, 5) is 47.3. The van der Waals surface area contributed by atoms with Crippen molar-refractivity contribution in [1.29, 1.82) is 0 Å². The van der Waals surface area contributed by atoms with Gasteiger partial charge in [0.2, 0.25) is 5.91 Å². The van der Waals surface area contributed by atoms with E-state index in [0.717, 1.165) is 6.07 Å². The van der Waals surface area contributed by atoms with Gasteiger partial charge < -0.3 is 5.32 Å². The minimum Gasteiger partial charge on any atom is -0.323 e. The molecule has 1 aliphatic rings. The Hall–Kier alpha value is -4.35. The zero-order valence-corrected chi connectivity index (χ0v) is 16.1. The maximum absolute atomic E-state index is 13.6. The molecule has 0 saturated carbocycles. The molecule has 0 radical (unpaired) electrons. The molecule has 2 aromatic carbocycles.